The van der Waals surface area contributed by atoms with E-state index < -0.39 is 5.97 Å². The van der Waals surface area contributed by atoms with Crippen LogP contribution in [-0.4, -0.2) is 36.7 Å². The quantitative estimate of drug-likeness (QED) is 0.826. The van der Waals surface area contributed by atoms with Gasteiger partial charge in [-0.3, -0.25) is 9.69 Å². The molecule has 0 radical (unpaired) electrons. The zero-order valence-corrected chi connectivity index (χ0v) is 9.80. The molecule has 4 heteroatoms. The molecule has 0 heterocycles. The molecular formula is C12H17NO3. The topological polar surface area (TPSA) is 49.8 Å². The first-order valence-electron chi connectivity index (χ1n) is 5.10. The molecule has 0 aliphatic carbocycles. The molecule has 4 nitrogen and oxygen atoms in total. The molecule has 1 aromatic rings. The van der Waals surface area contributed by atoms with Gasteiger partial charge in [0.25, 0.3) is 0 Å². The molecule has 1 N–H and O–H groups in total. The van der Waals surface area contributed by atoms with Gasteiger partial charge in [0.2, 0.25) is 0 Å². The molecule has 0 spiro atoms. The van der Waals surface area contributed by atoms with E-state index in [-0.39, 0.29) is 12.6 Å². The molecule has 0 aliphatic heterocycles. The highest BCUT2D eigenvalue weighted by atomic mass is 16.5. The van der Waals surface area contributed by atoms with Crippen molar-refractivity contribution in [3.05, 3.63) is 29.8 Å². The van der Waals surface area contributed by atoms with Gasteiger partial charge in [-0.1, -0.05) is 12.1 Å². The highest BCUT2D eigenvalue weighted by molar-refractivity contribution is 5.69. The van der Waals surface area contributed by atoms with Crippen molar-refractivity contribution in [1.29, 1.82) is 0 Å². The van der Waals surface area contributed by atoms with E-state index in [1.165, 1.54) is 0 Å². The monoisotopic (exact) mass is 223 g/mol. The van der Waals surface area contributed by atoms with Crippen molar-refractivity contribution in [2.45, 2.75) is 13.0 Å². The van der Waals surface area contributed by atoms with Crippen LogP contribution in [0.1, 0.15) is 18.5 Å². The third kappa shape index (κ3) is 3.24. The van der Waals surface area contributed by atoms with Crippen molar-refractivity contribution >= 4 is 5.97 Å². The van der Waals surface area contributed by atoms with E-state index in [4.69, 9.17) is 9.84 Å². The van der Waals surface area contributed by atoms with Crippen LogP contribution in [0.3, 0.4) is 0 Å². The summed E-state index contributed by atoms with van der Waals surface area (Å²) < 4.78 is 5.07. The van der Waals surface area contributed by atoms with Crippen molar-refractivity contribution in [2.75, 3.05) is 20.7 Å². The first-order valence-corrected chi connectivity index (χ1v) is 5.10. The number of hydrogen-bond acceptors (Lipinski definition) is 3. The van der Waals surface area contributed by atoms with Gasteiger partial charge < -0.3 is 9.84 Å². The summed E-state index contributed by atoms with van der Waals surface area (Å²) in [6.07, 6.45) is 0. The van der Waals surface area contributed by atoms with Gasteiger partial charge in [-0.15, -0.1) is 0 Å². The van der Waals surface area contributed by atoms with Gasteiger partial charge in [0, 0.05) is 6.04 Å². The van der Waals surface area contributed by atoms with Crippen molar-refractivity contribution < 1.29 is 14.6 Å². The van der Waals surface area contributed by atoms with Crippen molar-refractivity contribution in [3.63, 3.8) is 0 Å². The Morgan fingerprint density at radius 1 is 1.44 bits per heavy atom. The summed E-state index contributed by atoms with van der Waals surface area (Å²) >= 11 is 0. The molecule has 1 unspecified atom stereocenters. The predicted octanol–water partition coefficient (Wildman–Crippen LogP) is 1.77. The SMILES string of the molecule is COc1ccc(C(C)N(C)CC(=O)O)cc1. The number of rotatable bonds is 5. The number of methoxy groups -OCH3 is 1. The van der Waals surface area contributed by atoms with Crippen LogP contribution in [-0.2, 0) is 4.79 Å². The van der Waals surface area contributed by atoms with E-state index >= 15 is 0 Å². The van der Waals surface area contributed by atoms with Crippen LogP contribution in [0.25, 0.3) is 0 Å². The standard InChI is InChI=1S/C12H17NO3/c1-9(13(2)8-12(14)15)10-4-6-11(16-3)7-5-10/h4-7,9H,8H2,1-3H3,(H,14,15). The second-order valence-electron chi connectivity index (χ2n) is 3.76. The van der Waals surface area contributed by atoms with Crippen LogP contribution in [0.15, 0.2) is 24.3 Å². The lowest BCUT2D eigenvalue weighted by atomic mass is 10.1. The van der Waals surface area contributed by atoms with Gasteiger partial charge in [-0.05, 0) is 31.7 Å². The highest BCUT2D eigenvalue weighted by Gasteiger charge is 2.13. The fraction of sp³-hybridized carbons (Fsp3) is 0.417. The molecule has 0 amide bonds. The average Bonchev–Trinajstić information content (AvgIpc) is 2.27. The molecule has 1 rings (SSSR count). The lowest BCUT2D eigenvalue weighted by Gasteiger charge is -2.23. The Kier molecular flexibility index (Phi) is 4.31. The summed E-state index contributed by atoms with van der Waals surface area (Å²) in [5.74, 6) is -0.0142. The van der Waals surface area contributed by atoms with E-state index in [0.29, 0.717) is 0 Å². The van der Waals surface area contributed by atoms with E-state index in [1.54, 1.807) is 19.1 Å². The number of ether oxygens (including phenoxy) is 1. The zero-order chi connectivity index (χ0) is 12.1. The molecule has 16 heavy (non-hydrogen) atoms. The second-order valence-corrected chi connectivity index (χ2v) is 3.76. The van der Waals surface area contributed by atoms with Crippen molar-refractivity contribution in [2.24, 2.45) is 0 Å². The van der Waals surface area contributed by atoms with Crippen LogP contribution in [0.5, 0.6) is 5.75 Å². The average molecular weight is 223 g/mol. The summed E-state index contributed by atoms with van der Waals surface area (Å²) in [5, 5.41) is 8.70. The molecule has 1 aromatic carbocycles. The maximum atomic E-state index is 10.6. The highest BCUT2D eigenvalue weighted by Crippen LogP contribution is 2.21. The Labute approximate surface area is 95.5 Å². The van der Waals surface area contributed by atoms with Gasteiger partial charge in [-0.25, -0.2) is 0 Å². The molecule has 0 saturated heterocycles. The second kappa shape index (κ2) is 5.51. The summed E-state index contributed by atoms with van der Waals surface area (Å²) in [4.78, 5) is 12.4. The number of hydrogen-bond donors (Lipinski definition) is 1. The Hall–Kier alpha value is -1.55. The number of aliphatic carboxylic acids is 1. The van der Waals surface area contributed by atoms with Crippen LogP contribution in [0, 0.1) is 0 Å². The summed E-state index contributed by atoms with van der Waals surface area (Å²) in [7, 11) is 3.41. The molecule has 1 atom stereocenters. The van der Waals surface area contributed by atoms with Gasteiger partial charge in [0.05, 0.1) is 13.7 Å². The smallest absolute Gasteiger partial charge is 0.317 e. The molecular weight excluding hydrogens is 206 g/mol. The first-order chi connectivity index (χ1) is 7.54. The number of carboxylic acids is 1. The predicted molar refractivity (Wildman–Crippen MR) is 61.7 cm³/mol. The van der Waals surface area contributed by atoms with E-state index in [2.05, 4.69) is 0 Å². The molecule has 88 valence electrons. The zero-order valence-electron chi connectivity index (χ0n) is 9.80. The number of benzene rings is 1. The lowest BCUT2D eigenvalue weighted by molar-refractivity contribution is -0.138. The minimum absolute atomic E-state index is 0.0349. The Morgan fingerprint density at radius 2 is 2.00 bits per heavy atom. The first kappa shape index (κ1) is 12.5. The van der Waals surface area contributed by atoms with Gasteiger partial charge in [0.1, 0.15) is 5.75 Å². The summed E-state index contributed by atoms with van der Waals surface area (Å²) in [6, 6.07) is 7.71. The minimum Gasteiger partial charge on any atom is -0.497 e. The van der Waals surface area contributed by atoms with Gasteiger partial charge in [0.15, 0.2) is 0 Å². The number of likely N-dealkylation sites (N-methyl/N-ethyl adjacent to an activating group) is 1. The largest absolute Gasteiger partial charge is 0.497 e. The van der Waals surface area contributed by atoms with Crippen LogP contribution < -0.4 is 4.74 Å². The third-order valence-electron chi connectivity index (χ3n) is 2.64. The Morgan fingerprint density at radius 3 is 2.44 bits per heavy atom. The summed E-state index contributed by atoms with van der Waals surface area (Å²) in [6.45, 7) is 2.01. The summed E-state index contributed by atoms with van der Waals surface area (Å²) in [5.41, 5.74) is 1.07. The van der Waals surface area contributed by atoms with Gasteiger partial charge in [-0.2, -0.15) is 0 Å². The molecule has 0 bridgehead atoms. The number of carbonyl (C=O) groups is 1. The Bertz CT molecular complexity index is 348. The van der Waals surface area contributed by atoms with Crippen molar-refractivity contribution in [1.82, 2.24) is 4.90 Å². The minimum atomic E-state index is -0.817. The number of carboxylic acid groups (broad SMARTS) is 1. The van der Waals surface area contributed by atoms with E-state index in [9.17, 15) is 4.79 Å². The molecule has 0 saturated carbocycles. The van der Waals surface area contributed by atoms with E-state index in [1.807, 2.05) is 31.2 Å². The van der Waals surface area contributed by atoms with Crippen LogP contribution >= 0.6 is 0 Å². The molecule has 0 fully saturated rings. The number of nitrogens with zero attached hydrogens (tertiary/aromatic N) is 1. The van der Waals surface area contributed by atoms with Crippen LogP contribution in [0.4, 0.5) is 0 Å². The fourth-order valence-electron chi connectivity index (χ4n) is 1.49. The maximum absolute atomic E-state index is 10.6. The fourth-order valence-corrected chi connectivity index (χ4v) is 1.49. The Balaban J connectivity index is 2.71. The maximum Gasteiger partial charge on any atom is 0.317 e. The molecule has 0 aliphatic rings. The normalized spacial score (nSPS) is 12.5. The third-order valence-corrected chi connectivity index (χ3v) is 2.64. The lowest BCUT2D eigenvalue weighted by Crippen LogP contribution is -2.28. The van der Waals surface area contributed by atoms with Gasteiger partial charge >= 0.3 is 5.97 Å². The van der Waals surface area contributed by atoms with E-state index in [0.717, 1.165) is 11.3 Å². The molecule has 0 aromatic heterocycles. The van der Waals surface area contributed by atoms with Crippen LogP contribution in [0.2, 0.25) is 0 Å². The van der Waals surface area contributed by atoms with Crippen molar-refractivity contribution in [3.8, 4) is 5.75 Å².